The molecule has 1 atom stereocenters. The Balaban J connectivity index is 1.76. The molecule has 1 aromatic rings. The third-order valence-electron chi connectivity index (χ3n) is 4.67. The molecule has 0 bridgehead atoms. The van der Waals surface area contributed by atoms with E-state index in [-0.39, 0.29) is 18.5 Å². The van der Waals surface area contributed by atoms with E-state index in [9.17, 15) is 14.4 Å². The maximum atomic E-state index is 12.8. The normalized spacial score (nSPS) is 23.6. The van der Waals surface area contributed by atoms with E-state index in [2.05, 4.69) is 24.5 Å². The summed E-state index contributed by atoms with van der Waals surface area (Å²) in [7, 11) is 0. The Morgan fingerprint density at radius 1 is 1.29 bits per heavy atom. The molecule has 6 heteroatoms. The summed E-state index contributed by atoms with van der Waals surface area (Å²) in [4.78, 5) is 37.9. The molecule has 4 amide bonds. The molecule has 2 aliphatic rings. The molecule has 1 saturated heterocycles. The quantitative estimate of drug-likeness (QED) is 0.809. The van der Waals surface area contributed by atoms with Gasteiger partial charge in [0.1, 0.15) is 12.1 Å². The van der Waals surface area contributed by atoms with Gasteiger partial charge in [0, 0.05) is 6.04 Å². The first-order chi connectivity index (χ1) is 11.3. The molecule has 2 fully saturated rings. The number of carbonyl (C=O) groups is 3. The van der Waals surface area contributed by atoms with Crippen LogP contribution < -0.4 is 10.6 Å². The van der Waals surface area contributed by atoms with E-state index in [1.807, 2.05) is 24.3 Å². The van der Waals surface area contributed by atoms with Crippen molar-refractivity contribution in [3.05, 3.63) is 35.4 Å². The summed E-state index contributed by atoms with van der Waals surface area (Å²) in [6, 6.07) is 7.33. The minimum atomic E-state index is -1.13. The lowest BCUT2D eigenvalue weighted by Gasteiger charge is -2.22. The number of rotatable bonds is 5. The zero-order valence-electron chi connectivity index (χ0n) is 14.3. The summed E-state index contributed by atoms with van der Waals surface area (Å²) >= 11 is 0. The van der Waals surface area contributed by atoms with Gasteiger partial charge in [0.25, 0.3) is 5.91 Å². The van der Waals surface area contributed by atoms with Gasteiger partial charge in [-0.2, -0.15) is 0 Å². The molecule has 1 heterocycles. The lowest BCUT2D eigenvalue weighted by atomic mass is 9.90. The van der Waals surface area contributed by atoms with Crippen LogP contribution in [0.2, 0.25) is 0 Å². The highest BCUT2D eigenvalue weighted by molar-refractivity contribution is 6.09. The molecular formula is C18H23N3O3. The third kappa shape index (κ3) is 3.00. The number of nitrogens with one attached hydrogen (secondary N) is 2. The number of hydrogen-bond acceptors (Lipinski definition) is 3. The zero-order chi connectivity index (χ0) is 17.5. The van der Waals surface area contributed by atoms with E-state index in [0.29, 0.717) is 5.92 Å². The number of nitrogens with zero attached hydrogens (tertiary/aromatic N) is 1. The number of amides is 4. The molecule has 0 radical (unpaired) electrons. The fraction of sp³-hybridized carbons (Fsp3) is 0.500. The number of benzene rings is 1. The molecule has 1 aliphatic carbocycles. The third-order valence-corrected chi connectivity index (χ3v) is 4.67. The fourth-order valence-corrected chi connectivity index (χ4v) is 2.88. The van der Waals surface area contributed by atoms with Crippen molar-refractivity contribution in [2.75, 3.05) is 6.54 Å². The first-order valence-corrected chi connectivity index (χ1v) is 8.35. The Morgan fingerprint density at radius 2 is 1.92 bits per heavy atom. The van der Waals surface area contributed by atoms with Crippen LogP contribution in [0.5, 0.6) is 0 Å². The lowest BCUT2D eigenvalue weighted by Crippen LogP contribution is -2.43. The highest BCUT2D eigenvalue weighted by Crippen LogP contribution is 2.30. The number of urea groups is 1. The molecular weight excluding hydrogens is 306 g/mol. The van der Waals surface area contributed by atoms with Crippen LogP contribution in [0, 0.1) is 0 Å². The first kappa shape index (κ1) is 16.5. The SMILES string of the molecule is CC(C)c1ccc([C@@]2(C)NC(=O)N(CC(=O)NC3CC3)C2=O)cc1. The van der Waals surface area contributed by atoms with Crippen LogP contribution in [-0.4, -0.2) is 35.3 Å². The van der Waals surface area contributed by atoms with Gasteiger partial charge < -0.3 is 10.6 Å². The van der Waals surface area contributed by atoms with Crippen molar-refractivity contribution in [2.45, 2.75) is 51.1 Å². The second-order valence-electron chi connectivity index (χ2n) is 7.06. The van der Waals surface area contributed by atoms with E-state index in [0.717, 1.165) is 23.3 Å². The van der Waals surface area contributed by atoms with Crippen molar-refractivity contribution in [2.24, 2.45) is 0 Å². The van der Waals surface area contributed by atoms with Crippen LogP contribution in [0.25, 0.3) is 0 Å². The number of hydrogen-bond donors (Lipinski definition) is 2. The summed E-state index contributed by atoms with van der Waals surface area (Å²) in [5.74, 6) is -0.292. The average molecular weight is 329 g/mol. The topological polar surface area (TPSA) is 78.5 Å². The van der Waals surface area contributed by atoms with Gasteiger partial charge in [-0.15, -0.1) is 0 Å². The lowest BCUT2D eigenvalue weighted by molar-refractivity contribution is -0.134. The van der Waals surface area contributed by atoms with E-state index in [1.165, 1.54) is 5.56 Å². The summed E-state index contributed by atoms with van der Waals surface area (Å²) in [6.07, 6.45) is 1.93. The Labute approximate surface area is 141 Å². The van der Waals surface area contributed by atoms with Gasteiger partial charge in [0.15, 0.2) is 0 Å². The van der Waals surface area contributed by atoms with Crippen LogP contribution >= 0.6 is 0 Å². The largest absolute Gasteiger partial charge is 0.352 e. The Bertz CT molecular complexity index is 679. The predicted molar refractivity (Wildman–Crippen MR) is 89.3 cm³/mol. The van der Waals surface area contributed by atoms with Crippen molar-refractivity contribution < 1.29 is 14.4 Å². The van der Waals surface area contributed by atoms with Crippen molar-refractivity contribution in [1.29, 1.82) is 0 Å². The maximum absolute atomic E-state index is 12.8. The van der Waals surface area contributed by atoms with E-state index >= 15 is 0 Å². The average Bonchev–Trinajstić information content (AvgIpc) is 3.32. The summed E-state index contributed by atoms with van der Waals surface area (Å²) in [5, 5.41) is 5.52. The molecule has 1 aliphatic heterocycles. The summed E-state index contributed by atoms with van der Waals surface area (Å²) < 4.78 is 0. The predicted octanol–water partition coefficient (Wildman–Crippen LogP) is 1.86. The summed E-state index contributed by atoms with van der Waals surface area (Å²) in [6.45, 7) is 5.64. The Morgan fingerprint density at radius 3 is 2.46 bits per heavy atom. The second-order valence-corrected chi connectivity index (χ2v) is 7.06. The van der Waals surface area contributed by atoms with Crippen LogP contribution in [0.3, 0.4) is 0 Å². The van der Waals surface area contributed by atoms with Crippen LogP contribution in [0.1, 0.15) is 50.7 Å². The molecule has 24 heavy (non-hydrogen) atoms. The molecule has 128 valence electrons. The monoisotopic (exact) mass is 329 g/mol. The smallest absolute Gasteiger partial charge is 0.325 e. The Hall–Kier alpha value is -2.37. The van der Waals surface area contributed by atoms with Crippen LogP contribution in [0.15, 0.2) is 24.3 Å². The Kier molecular flexibility index (Phi) is 4.07. The number of carbonyl (C=O) groups excluding carboxylic acids is 3. The maximum Gasteiger partial charge on any atom is 0.325 e. The van der Waals surface area contributed by atoms with Crippen LogP contribution in [-0.2, 0) is 15.1 Å². The standard InChI is InChI=1S/C18H23N3O3/c1-11(2)12-4-6-13(7-5-12)18(3)16(23)21(17(24)20-18)10-15(22)19-14-8-9-14/h4-7,11,14H,8-10H2,1-3H3,(H,19,22)(H,20,24)/t18-/m1/s1. The second kappa shape index (κ2) is 5.92. The molecule has 1 aromatic carbocycles. The van der Waals surface area contributed by atoms with Crippen molar-refractivity contribution in [3.8, 4) is 0 Å². The van der Waals surface area contributed by atoms with Gasteiger partial charge in [0.05, 0.1) is 0 Å². The molecule has 0 unspecified atom stereocenters. The molecule has 1 saturated carbocycles. The van der Waals surface area contributed by atoms with Gasteiger partial charge >= 0.3 is 6.03 Å². The molecule has 6 nitrogen and oxygen atoms in total. The highest BCUT2D eigenvalue weighted by atomic mass is 16.2. The van der Waals surface area contributed by atoms with Gasteiger partial charge in [-0.25, -0.2) is 4.79 Å². The van der Waals surface area contributed by atoms with E-state index in [4.69, 9.17) is 0 Å². The van der Waals surface area contributed by atoms with Crippen molar-refractivity contribution in [1.82, 2.24) is 15.5 Å². The van der Waals surface area contributed by atoms with E-state index in [1.54, 1.807) is 6.92 Å². The first-order valence-electron chi connectivity index (χ1n) is 8.35. The van der Waals surface area contributed by atoms with Crippen molar-refractivity contribution >= 4 is 17.8 Å². The van der Waals surface area contributed by atoms with Gasteiger partial charge in [-0.3, -0.25) is 14.5 Å². The molecule has 0 aromatic heterocycles. The number of imide groups is 1. The molecule has 2 N–H and O–H groups in total. The van der Waals surface area contributed by atoms with E-state index < -0.39 is 17.5 Å². The van der Waals surface area contributed by atoms with Crippen molar-refractivity contribution in [3.63, 3.8) is 0 Å². The minimum Gasteiger partial charge on any atom is -0.352 e. The molecule has 3 rings (SSSR count). The highest BCUT2D eigenvalue weighted by Gasteiger charge is 2.49. The minimum absolute atomic E-state index is 0.202. The fourth-order valence-electron chi connectivity index (χ4n) is 2.88. The van der Waals surface area contributed by atoms with Gasteiger partial charge in [0.2, 0.25) is 5.91 Å². The zero-order valence-corrected chi connectivity index (χ0v) is 14.3. The van der Waals surface area contributed by atoms with Crippen LogP contribution in [0.4, 0.5) is 4.79 Å². The summed E-state index contributed by atoms with van der Waals surface area (Å²) in [5.41, 5.74) is 0.752. The van der Waals surface area contributed by atoms with Gasteiger partial charge in [-0.05, 0) is 36.8 Å². The molecule has 0 spiro atoms. The van der Waals surface area contributed by atoms with Gasteiger partial charge in [-0.1, -0.05) is 38.1 Å².